The van der Waals surface area contributed by atoms with Crippen LogP contribution in [-0.2, 0) is 9.84 Å². The van der Waals surface area contributed by atoms with Crippen LogP contribution in [0.15, 0.2) is 18.2 Å². The summed E-state index contributed by atoms with van der Waals surface area (Å²) in [7, 11) is -3.18. The molecule has 2 aliphatic rings. The quantitative estimate of drug-likeness (QED) is 0.785. The second-order valence-electron chi connectivity index (χ2n) is 5.96. The maximum Gasteiger partial charge on any atom is 0.387 e. The summed E-state index contributed by atoms with van der Waals surface area (Å²) in [5.74, 6) is -2.33. The third-order valence-electron chi connectivity index (χ3n) is 4.63. The van der Waals surface area contributed by atoms with Gasteiger partial charge in [-0.2, -0.15) is 8.78 Å². The summed E-state index contributed by atoms with van der Waals surface area (Å²) in [6.45, 7) is -3.17. The van der Waals surface area contributed by atoms with Crippen LogP contribution >= 0.6 is 0 Å². The van der Waals surface area contributed by atoms with Crippen molar-refractivity contribution in [3.63, 3.8) is 0 Å². The van der Waals surface area contributed by atoms with Crippen molar-refractivity contribution in [3.8, 4) is 5.75 Å². The summed E-state index contributed by atoms with van der Waals surface area (Å²) in [5.41, 5.74) is -0.129. The van der Waals surface area contributed by atoms with Crippen molar-refractivity contribution in [3.05, 3.63) is 29.6 Å². The van der Waals surface area contributed by atoms with Crippen molar-refractivity contribution in [2.24, 2.45) is 5.92 Å². The molecule has 2 aliphatic heterocycles. The number of Topliss-reactive ketones (excluding diaryl/α,β-unsaturated/α-hetero) is 1. The van der Waals surface area contributed by atoms with Crippen LogP contribution in [0.4, 0.5) is 13.2 Å². The summed E-state index contributed by atoms with van der Waals surface area (Å²) >= 11 is 0. The topological polar surface area (TPSA) is 60.4 Å². The van der Waals surface area contributed by atoms with Gasteiger partial charge in [-0.25, -0.2) is 12.8 Å². The predicted molar refractivity (Wildman–Crippen MR) is 75.8 cm³/mol. The zero-order valence-electron chi connectivity index (χ0n) is 12.0. The Balaban J connectivity index is 1.87. The first-order valence-electron chi connectivity index (χ1n) is 7.30. The molecule has 3 rings (SSSR count). The number of carbonyl (C=O) groups is 1. The first kappa shape index (κ1) is 16.3. The minimum atomic E-state index is -3.18. The van der Waals surface area contributed by atoms with Gasteiger partial charge in [0.25, 0.3) is 0 Å². The molecule has 126 valence electrons. The number of carbonyl (C=O) groups excluding carboxylic acids is 1. The molecule has 1 aromatic carbocycles. The second-order valence-corrected chi connectivity index (χ2v) is 8.47. The Labute approximate surface area is 131 Å². The van der Waals surface area contributed by atoms with Crippen LogP contribution in [0.25, 0.3) is 0 Å². The van der Waals surface area contributed by atoms with E-state index in [0.29, 0.717) is 12.8 Å². The molecule has 0 amide bonds. The molecule has 0 N–H and O–H groups in total. The second kappa shape index (κ2) is 5.81. The molecule has 2 saturated heterocycles. The Bertz CT molecular complexity index is 712. The van der Waals surface area contributed by atoms with Crippen molar-refractivity contribution in [2.75, 3.05) is 0 Å². The molecule has 0 aromatic heterocycles. The van der Waals surface area contributed by atoms with E-state index in [4.69, 9.17) is 0 Å². The van der Waals surface area contributed by atoms with E-state index in [1.165, 1.54) is 0 Å². The molecule has 4 nitrogen and oxygen atoms in total. The maximum atomic E-state index is 13.2. The normalized spacial score (nSPS) is 28.8. The number of benzene rings is 1. The van der Waals surface area contributed by atoms with Gasteiger partial charge in [-0.15, -0.1) is 0 Å². The SMILES string of the molecule is O=C(c1ccc(F)cc1OC(F)F)C1CC2CCC(C1)S2(=O)=O. The van der Waals surface area contributed by atoms with Gasteiger partial charge >= 0.3 is 6.61 Å². The van der Waals surface area contributed by atoms with Gasteiger partial charge in [-0.3, -0.25) is 4.79 Å². The standard InChI is InChI=1S/C15H15F3O4S/c16-9-1-4-12(13(7-9)22-15(17)18)14(19)8-5-10-2-3-11(6-8)23(10,20)21/h1,4,7-8,10-11,15H,2-3,5-6H2. The number of ether oxygens (including phenoxy) is 1. The molecule has 1 aromatic rings. The Kier molecular flexibility index (Phi) is 4.12. The highest BCUT2D eigenvalue weighted by molar-refractivity contribution is 7.93. The van der Waals surface area contributed by atoms with Crippen molar-refractivity contribution in [2.45, 2.75) is 42.8 Å². The lowest BCUT2D eigenvalue weighted by Crippen LogP contribution is -2.36. The molecule has 0 radical (unpaired) electrons. The molecule has 2 heterocycles. The number of hydrogen-bond acceptors (Lipinski definition) is 4. The zero-order valence-corrected chi connectivity index (χ0v) is 12.9. The highest BCUT2D eigenvalue weighted by atomic mass is 32.2. The van der Waals surface area contributed by atoms with Crippen LogP contribution in [0.3, 0.4) is 0 Å². The van der Waals surface area contributed by atoms with Crippen LogP contribution < -0.4 is 4.74 Å². The number of ketones is 1. The molecule has 2 bridgehead atoms. The van der Waals surface area contributed by atoms with Gasteiger partial charge in [0, 0.05) is 12.0 Å². The van der Waals surface area contributed by atoms with Gasteiger partial charge in [-0.1, -0.05) is 0 Å². The van der Waals surface area contributed by atoms with Crippen LogP contribution in [0.5, 0.6) is 5.75 Å². The summed E-state index contributed by atoms with van der Waals surface area (Å²) in [4.78, 5) is 12.6. The molecule has 0 saturated carbocycles. The number of hydrogen-bond donors (Lipinski definition) is 0. The average Bonchev–Trinajstić information content (AvgIpc) is 2.66. The molecule has 2 atom stereocenters. The first-order chi connectivity index (χ1) is 10.8. The summed E-state index contributed by atoms with van der Waals surface area (Å²) in [6, 6.07) is 2.85. The van der Waals surface area contributed by atoms with Gasteiger partial charge in [0.1, 0.15) is 11.6 Å². The number of sulfone groups is 1. The highest BCUT2D eigenvalue weighted by Crippen LogP contribution is 2.42. The third kappa shape index (κ3) is 2.96. The van der Waals surface area contributed by atoms with E-state index in [1.54, 1.807) is 0 Å². The molecule has 2 fully saturated rings. The molecule has 8 heteroatoms. The molecule has 2 unspecified atom stereocenters. The number of fused-ring (bicyclic) bond motifs is 2. The minimum Gasteiger partial charge on any atom is -0.434 e. The Morgan fingerprint density at radius 1 is 1.17 bits per heavy atom. The Morgan fingerprint density at radius 2 is 1.78 bits per heavy atom. The van der Waals surface area contributed by atoms with Crippen molar-refractivity contribution in [1.29, 1.82) is 0 Å². The smallest absolute Gasteiger partial charge is 0.387 e. The fourth-order valence-corrected chi connectivity index (χ4v) is 6.01. The van der Waals surface area contributed by atoms with Gasteiger partial charge in [-0.05, 0) is 37.8 Å². The zero-order chi connectivity index (χ0) is 16.8. The predicted octanol–water partition coefficient (Wildman–Crippen LogP) is 2.97. The van der Waals surface area contributed by atoms with E-state index in [2.05, 4.69) is 4.74 Å². The van der Waals surface area contributed by atoms with Crippen molar-refractivity contribution >= 4 is 15.6 Å². The van der Waals surface area contributed by atoms with E-state index in [1.807, 2.05) is 0 Å². The summed E-state index contributed by atoms with van der Waals surface area (Å²) in [5, 5.41) is -1.09. The fourth-order valence-electron chi connectivity index (χ4n) is 3.53. The molecule has 23 heavy (non-hydrogen) atoms. The van der Waals surface area contributed by atoms with Crippen LogP contribution in [0.1, 0.15) is 36.0 Å². The van der Waals surface area contributed by atoms with E-state index in [0.717, 1.165) is 18.2 Å². The van der Waals surface area contributed by atoms with Gasteiger partial charge in [0.15, 0.2) is 15.6 Å². The minimum absolute atomic E-state index is 0.129. The number of rotatable bonds is 4. The van der Waals surface area contributed by atoms with E-state index >= 15 is 0 Å². The lowest BCUT2D eigenvalue weighted by Gasteiger charge is -2.27. The van der Waals surface area contributed by atoms with Crippen molar-refractivity contribution in [1.82, 2.24) is 0 Å². The van der Waals surface area contributed by atoms with Gasteiger partial charge < -0.3 is 4.74 Å². The molecule has 0 aliphatic carbocycles. The van der Waals surface area contributed by atoms with E-state index < -0.39 is 50.2 Å². The number of halogens is 3. The van der Waals surface area contributed by atoms with Crippen LogP contribution in [0, 0.1) is 11.7 Å². The third-order valence-corrected chi connectivity index (χ3v) is 7.35. The Morgan fingerprint density at radius 3 is 2.35 bits per heavy atom. The van der Waals surface area contributed by atoms with E-state index in [9.17, 15) is 26.4 Å². The lowest BCUT2D eigenvalue weighted by molar-refractivity contribution is -0.0503. The van der Waals surface area contributed by atoms with Crippen molar-refractivity contribution < 1.29 is 31.1 Å². The average molecular weight is 348 g/mol. The maximum absolute atomic E-state index is 13.2. The molecule has 0 spiro atoms. The first-order valence-corrected chi connectivity index (χ1v) is 8.91. The monoisotopic (exact) mass is 348 g/mol. The summed E-state index contributed by atoms with van der Waals surface area (Å²) in [6.07, 6.45) is 1.42. The lowest BCUT2D eigenvalue weighted by atomic mass is 9.90. The molecular weight excluding hydrogens is 333 g/mol. The van der Waals surface area contributed by atoms with E-state index in [-0.39, 0.29) is 18.4 Å². The van der Waals surface area contributed by atoms with Gasteiger partial charge in [0.2, 0.25) is 0 Å². The largest absolute Gasteiger partial charge is 0.434 e. The fraction of sp³-hybridized carbons (Fsp3) is 0.533. The Hall–Kier alpha value is -1.57. The molecular formula is C15H15F3O4S. The number of alkyl halides is 2. The van der Waals surface area contributed by atoms with Crippen LogP contribution in [0.2, 0.25) is 0 Å². The van der Waals surface area contributed by atoms with Crippen LogP contribution in [-0.4, -0.2) is 31.3 Å². The highest BCUT2D eigenvalue weighted by Gasteiger charge is 2.48. The summed E-state index contributed by atoms with van der Waals surface area (Å²) < 4.78 is 66.4. The van der Waals surface area contributed by atoms with Gasteiger partial charge in [0.05, 0.1) is 16.1 Å².